The van der Waals surface area contributed by atoms with Crippen molar-refractivity contribution in [3.05, 3.63) is 106 Å². The van der Waals surface area contributed by atoms with Crippen LogP contribution in [0.2, 0.25) is 5.02 Å². The van der Waals surface area contributed by atoms with Gasteiger partial charge in [0.15, 0.2) is 0 Å². The lowest BCUT2D eigenvalue weighted by Crippen LogP contribution is -2.29. The Balaban J connectivity index is 1.83. The van der Waals surface area contributed by atoms with Gasteiger partial charge in [-0.25, -0.2) is 4.39 Å². The number of benzene rings is 3. The zero-order chi connectivity index (χ0) is 24.1. The molecule has 170 valence electrons. The first-order valence-electron chi connectivity index (χ1n) is 10.7. The van der Waals surface area contributed by atoms with Gasteiger partial charge in [-0.3, -0.25) is 14.5 Å². The molecule has 4 aromatic rings. The molecule has 7 heteroatoms. The minimum atomic E-state index is -0.917. The highest BCUT2D eigenvalue weighted by Crippen LogP contribution is 2.45. The van der Waals surface area contributed by atoms with Crippen molar-refractivity contribution < 1.29 is 19.1 Å². The second-order valence-electron chi connectivity index (χ2n) is 8.32. The van der Waals surface area contributed by atoms with Gasteiger partial charge < -0.3 is 10.1 Å². The number of aromatic amines is 1. The van der Waals surface area contributed by atoms with Crippen molar-refractivity contribution in [3.8, 4) is 0 Å². The SMILES string of the molecule is Cc1cc(/C(O)=C2\C(=O)C(=O)N(c3cccc(Cl)c3)C2c2c(C)[nH]c3ccccc23)ccc1F. The molecule has 5 rings (SSSR count). The van der Waals surface area contributed by atoms with E-state index in [1.54, 1.807) is 31.2 Å². The average molecular weight is 475 g/mol. The number of carbonyl (C=O) groups excluding carboxylic acids is 2. The Kier molecular flexibility index (Phi) is 5.25. The van der Waals surface area contributed by atoms with E-state index in [9.17, 15) is 19.1 Å². The first-order chi connectivity index (χ1) is 16.3. The molecule has 1 aliphatic rings. The van der Waals surface area contributed by atoms with E-state index in [4.69, 9.17) is 11.6 Å². The zero-order valence-corrected chi connectivity index (χ0v) is 19.2. The molecule has 0 spiro atoms. The lowest BCUT2D eigenvalue weighted by atomic mass is 9.93. The van der Waals surface area contributed by atoms with Crippen molar-refractivity contribution in [2.45, 2.75) is 19.9 Å². The van der Waals surface area contributed by atoms with Crippen LogP contribution in [0.1, 0.15) is 28.4 Å². The maximum absolute atomic E-state index is 13.9. The summed E-state index contributed by atoms with van der Waals surface area (Å²) in [5.41, 5.74) is 3.21. The molecule has 5 nitrogen and oxygen atoms in total. The molecule has 0 bridgehead atoms. The number of aromatic nitrogens is 1. The molecular weight excluding hydrogens is 455 g/mol. The smallest absolute Gasteiger partial charge is 0.300 e. The van der Waals surface area contributed by atoms with Crippen LogP contribution in [0.3, 0.4) is 0 Å². The molecule has 0 radical (unpaired) electrons. The highest BCUT2D eigenvalue weighted by atomic mass is 35.5. The Morgan fingerprint density at radius 3 is 2.53 bits per heavy atom. The monoisotopic (exact) mass is 474 g/mol. The number of para-hydroxylation sites is 1. The summed E-state index contributed by atoms with van der Waals surface area (Å²) in [6, 6.07) is 17.4. The Labute approximate surface area is 200 Å². The van der Waals surface area contributed by atoms with Gasteiger partial charge in [0.25, 0.3) is 11.7 Å². The predicted molar refractivity (Wildman–Crippen MR) is 130 cm³/mol. The Hall–Kier alpha value is -3.90. The number of amides is 1. The van der Waals surface area contributed by atoms with Crippen LogP contribution in [-0.2, 0) is 9.59 Å². The van der Waals surface area contributed by atoms with Crippen molar-refractivity contribution in [3.63, 3.8) is 0 Å². The number of aliphatic hydroxyl groups excluding tert-OH is 1. The number of rotatable bonds is 3. The Morgan fingerprint density at radius 2 is 1.79 bits per heavy atom. The normalized spacial score (nSPS) is 17.6. The van der Waals surface area contributed by atoms with Crippen LogP contribution in [0.4, 0.5) is 10.1 Å². The fourth-order valence-electron chi connectivity index (χ4n) is 4.60. The molecule has 34 heavy (non-hydrogen) atoms. The lowest BCUT2D eigenvalue weighted by Gasteiger charge is -2.26. The minimum absolute atomic E-state index is 0.0659. The number of carbonyl (C=O) groups is 2. The van der Waals surface area contributed by atoms with Gasteiger partial charge in [0.2, 0.25) is 0 Å². The molecule has 1 atom stereocenters. The first-order valence-corrected chi connectivity index (χ1v) is 11.1. The van der Waals surface area contributed by atoms with E-state index >= 15 is 0 Å². The number of fused-ring (bicyclic) bond motifs is 1. The van der Waals surface area contributed by atoms with Crippen LogP contribution in [0.25, 0.3) is 16.7 Å². The number of aliphatic hydroxyl groups is 1. The van der Waals surface area contributed by atoms with Crippen molar-refractivity contribution in [2.24, 2.45) is 0 Å². The lowest BCUT2D eigenvalue weighted by molar-refractivity contribution is -0.132. The van der Waals surface area contributed by atoms with Gasteiger partial charge >= 0.3 is 0 Å². The van der Waals surface area contributed by atoms with Crippen molar-refractivity contribution in [1.29, 1.82) is 0 Å². The van der Waals surface area contributed by atoms with E-state index in [0.29, 0.717) is 21.8 Å². The van der Waals surface area contributed by atoms with Gasteiger partial charge in [-0.2, -0.15) is 0 Å². The number of hydrogen-bond acceptors (Lipinski definition) is 3. The Morgan fingerprint density at radius 1 is 1.03 bits per heavy atom. The summed E-state index contributed by atoms with van der Waals surface area (Å²) in [4.78, 5) is 31.4. The number of hydrogen-bond donors (Lipinski definition) is 2. The number of anilines is 1. The molecule has 2 heterocycles. The maximum Gasteiger partial charge on any atom is 0.300 e. The molecule has 0 saturated carbocycles. The summed E-state index contributed by atoms with van der Waals surface area (Å²) in [7, 11) is 0. The van der Waals surface area contributed by atoms with Crippen molar-refractivity contribution >= 4 is 45.6 Å². The van der Waals surface area contributed by atoms with E-state index in [1.807, 2.05) is 31.2 Å². The topological polar surface area (TPSA) is 73.4 Å². The number of nitrogens with zero attached hydrogens (tertiary/aromatic N) is 1. The number of ketones is 1. The van der Waals surface area contributed by atoms with E-state index in [0.717, 1.165) is 16.6 Å². The molecule has 1 unspecified atom stereocenters. The maximum atomic E-state index is 13.9. The van der Waals surface area contributed by atoms with E-state index in [1.165, 1.54) is 23.1 Å². The fraction of sp³-hybridized carbons (Fsp3) is 0.111. The predicted octanol–water partition coefficient (Wildman–Crippen LogP) is 6.20. The third-order valence-corrected chi connectivity index (χ3v) is 6.41. The van der Waals surface area contributed by atoms with Gasteiger partial charge in [0, 0.05) is 38.4 Å². The molecule has 1 saturated heterocycles. The second-order valence-corrected chi connectivity index (χ2v) is 8.76. The number of nitrogens with one attached hydrogen (secondary N) is 1. The summed E-state index contributed by atoms with van der Waals surface area (Å²) in [6.45, 7) is 3.42. The number of H-pyrrole nitrogens is 1. The van der Waals surface area contributed by atoms with Crippen LogP contribution in [-0.4, -0.2) is 21.8 Å². The average Bonchev–Trinajstić information content (AvgIpc) is 3.27. The van der Waals surface area contributed by atoms with E-state index < -0.39 is 23.5 Å². The van der Waals surface area contributed by atoms with Gasteiger partial charge in [0.1, 0.15) is 11.6 Å². The Bertz CT molecular complexity index is 1520. The van der Waals surface area contributed by atoms with E-state index in [-0.39, 0.29) is 16.9 Å². The molecule has 1 fully saturated rings. The van der Waals surface area contributed by atoms with Crippen LogP contribution in [0.5, 0.6) is 0 Å². The highest BCUT2D eigenvalue weighted by molar-refractivity contribution is 6.52. The second kappa shape index (κ2) is 8.15. The third-order valence-electron chi connectivity index (χ3n) is 6.18. The van der Waals surface area contributed by atoms with Gasteiger partial charge in [-0.05, 0) is 61.9 Å². The highest BCUT2D eigenvalue weighted by Gasteiger charge is 2.48. The van der Waals surface area contributed by atoms with E-state index in [2.05, 4.69) is 4.98 Å². The zero-order valence-electron chi connectivity index (χ0n) is 18.4. The first kappa shape index (κ1) is 21.9. The molecule has 1 amide bonds. The van der Waals surface area contributed by atoms with Crippen LogP contribution >= 0.6 is 11.6 Å². The standard InChI is InChI=1S/C27H20ClFN2O3/c1-14-12-16(10-11-20(14)29)25(32)23-24(22-15(2)30-21-9-4-3-8-19(21)22)31(27(34)26(23)33)18-7-5-6-17(28)13-18/h3-13,24,30,32H,1-2H3/b25-23+. The number of halogens is 2. The summed E-state index contributed by atoms with van der Waals surface area (Å²) in [5.74, 6) is -2.40. The number of aryl methyl sites for hydroxylation is 2. The molecule has 3 aromatic carbocycles. The van der Waals surface area contributed by atoms with Crippen molar-refractivity contribution in [1.82, 2.24) is 4.98 Å². The molecule has 1 aliphatic heterocycles. The van der Waals surface area contributed by atoms with Crippen molar-refractivity contribution in [2.75, 3.05) is 4.90 Å². The molecule has 0 aliphatic carbocycles. The van der Waals surface area contributed by atoms with Crippen LogP contribution < -0.4 is 4.90 Å². The largest absolute Gasteiger partial charge is 0.507 e. The molecular formula is C27H20ClFN2O3. The van der Waals surface area contributed by atoms with Gasteiger partial charge in [-0.15, -0.1) is 0 Å². The van der Waals surface area contributed by atoms with Crippen LogP contribution in [0, 0.1) is 19.7 Å². The summed E-state index contributed by atoms with van der Waals surface area (Å²) in [5, 5.41) is 12.5. The molecule has 1 aromatic heterocycles. The van der Waals surface area contributed by atoms with Crippen LogP contribution in [0.15, 0.2) is 72.3 Å². The molecule has 2 N–H and O–H groups in total. The summed E-state index contributed by atoms with van der Waals surface area (Å²) < 4.78 is 13.9. The number of Topliss-reactive ketones (excluding diaryl/α,β-unsaturated/α-hetero) is 1. The third kappa shape index (κ3) is 3.38. The van der Waals surface area contributed by atoms with Gasteiger partial charge in [-0.1, -0.05) is 35.9 Å². The quantitative estimate of drug-likeness (QED) is 0.211. The summed E-state index contributed by atoms with van der Waals surface area (Å²) in [6.07, 6.45) is 0. The van der Waals surface area contributed by atoms with Gasteiger partial charge in [0.05, 0.1) is 11.6 Å². The summed E-state index contributed by atoms with van der Waals surface area (Å²) >= 11 is 6.21. The minimum Gasteiger partial charge on any atom is -0.507 e. The fourth-order valence-corrected chi connectivity index (χ4v) is 4.78.